The van der Waals surface area contributed by atoms with Crippen LogP contribution in [0.4, 0.5) is 5.69 Å². The molecule has 0 spiro atoms. The molecule has 0 unspecified atom stereocenters. The molecule has 2 rings (SSSR count). The van der Waals surface area contributed by atoms with E-state index in [9.17, 15) is 9.59 Å². The second-order valence-electron chi connectivity index (χ2n) is 7.36. The van der Waals surface area contributed by atoms with Gasteiger partial charge in [-0.2, -0.15) is 0 Å². The van der Waals surface area contributed by atoms with Gasteiger partial charge in [-0.3, -0.25) is 0 Å². The number of hydrogen-bond donors (Lipinski definition) is 1. The summed E-state index contributed by atoms with van der Waals surface area (Å²) in [6, 6.07) is 8.52. The molecule has 0 atom stereocenters. The standard InChI is InChI=1S/C23H29NO5/c1-7-28-22(25)15-8-9-20(19(24)12-15)29-21-17(14(4)5)10-16(13(2)3)11-18(21)23(26)27-6/h8-14H,7,24H2,1-6H3. The zero-order valence-corrected chi connectivity index (χ0v) is 17.9. The third-order valence-electron chi connectivity index (χ3n) is 4.57. The summed E-state index contributed by atoms with van der Waals surface area (Å²) in [7, 11) is 1.34. The Morgan fingerprint density at radius 2 is 1.69 bits per heavy atom. The van der Waals surface area contributed by atoms with Gasteiger partial charge in [-0.05, 0) is 54.2 Å². The van der Waals surface area contributed by atoms with E-state index < -0.39 is 11.9 Å². The predicted molar refractivity (Wildman–Crippen MR) is 113 cm³/mol. The molecule has 29 heavy (non-hydrogen) atoms. The zero-order chi connectivity index (χ0) is 21.7. The molecule has 0 saturated carbocycles. The van der Waals surface area contributed by atoms with E-state index in [2.05, 4.69) is 13.8 Å². The highest BCUT2D eigenvalue weighted by Gasteiger charge is 2.23. The number of methoxy groups -OCH3 is 1. The summed E-state index contributed by atoms with van der Waals surface area (Å²) in [5.74, 6) is 0.163. The van der Waals surface area contributed by atoms with Crippen LogP contribution in [0.5, 0.6) is 11.5 Å². The van der Waals surface area contributed by atoms with Gasteiger partial charge in [-0.1, -0.05) is 33.8 Å². The lowest BCUT2D eigenvalue weighted by atomic mass is 9.92. The summed E-state index contributed by atoms with van der Waals surface area (Å²) in [4.78, 5) is 24.4. The fourth-order valence-corrected chi connectivity index (χ4v) is 2.90. The van der Waals surface area contributed by atoms with Gasteiger partial charge in [0.2, 0.25) is 0 Å². The predicted octanol–water partition coefficient (Wildman–Crippen LogP) is 5.27. The van der Waals surface area contributed by atoms with Gasteiger partial charge in [-0.25, -0.2) is 9.59 Å². The van der Waals surface area contributed by atoms with E-state index in [-0.39, 0.29) is 24.1 Å². The number of hydrogen-bond acceptors (Lipinski definition) is 6. The number of carbonyl (C=O) groups excluding carboxylic acids is 2. The summed E-state index contributed by atoms with van der Waals surface area (Å²) < 4.78 is 16.1. The minimum absolute atomic E-state index is 0.104. The van der Waals surface area contributed by atoms with Crippen molar-refractivity contribution in [2.24, 2.45) is 0 Å². The number of benzene rings is 2. The van der Waals surface area contributed by atoms with Crippen LogP contribution >= 0.6 is 0 Å². The molecule has 0 bridgehead atoms. The first kappa shape index (κ1) is 22.3. The Labute approximate surface area is 172 Å². The van der Waals surface area contributed by atoms with Crippen molar-refractivity contribution < 1.29 is 23.8 Å². The molecule has 0 aliphatic carbocycles. The van der Waals surface area contributed by atoms with Crippen LogP contribution in [0.2, 0.25) is 0 Å². The van der Waals surface area contributed by atoms with E-state index in [0.29, 0.717) is 22.6 Å². The fourth-order valence-electron chi connectivity index (χ4n) is 2.90. The molecule has 0 aromatic heterocycles. The topological polar surface area (TPSA) is 87.8 Å². The Morgan fingerprint density at radius 1 is 1.00 bits per heavy atom. The van der Waals surface area contributed by atoms with E-state index in [4.69, 9.17) is 19.9 Å². The summed E-state index contributed by atoms with van der Waals surface area (Å²) in [5, 5.41) is 0. The van der Waals surface area contributed by atoms with Crippen LogP contribution in [0, 0.1) is 0 Å². The molecule has 0 fully saturated rings. The Balaban J connectivity index is 2.56. The van der Waals surface area contributed by atoms with Crippen molar-refractivity contribution in [2.75, 3.05) is 19.5 Å². The van der Waals surface area contributed by atoms with Crippen LogP contribution in [0.25, 0.3) is 0 Å². The summed E-state index contributed by atoms with van der Waals surface area (Å²) in [6.07, 6.45) is 0. The first-order valence-corrected chi connectivity index (χ1v) is 9.70. The van der Waals surface area contributed by atoms with E-state index >= 15 is 0 Å². The van der Waals surface area contributed by atoms with Gasteiger partial charge in [0.1, 0.15) is 17.1 Å². The lowest BCUT2D eigenvalue weighted by Gasteiger charge is -2.20. The molecule has 0 aliphatic heterocycles. The van der Waals surface area contributed by atoms with Crippen LogP contribution in [0.1, 0.15) is 78.3 Å². The fraction of sp³-hybridized carbons (Fsp3) is 0.391. The SMILES string of the molecule is CCOC(=O)c1ccc(Oc2c(C(=O)OC)cc(C(C)C)cc2C(C)C)c(N)c1. The molecule has 2 aromatic rings. The first-order chi connectivity index (χ1) is 13.7. The van der Waals surface area contributed by atoms with Gasteiger partial charge in [-0.15, -0.1) is 0 Å². The van der Waals surface area contributed by atoms with Gasteiger partial charge in [0, 0.05) is 0 Å². The van der Waals surface area contributed by atoms with Crippen LogP contribution < -0.4 is 10.5 Å². The Hall–Kier alpha value is -3.02. The zero-order valence-electron chi connectivity index (χ0n) is 17.9. The van der Waals surface area contributed by atoms with E-state index in [1.54, 1.807) is 25.1 Å². The smallest absolute Gasteiger partial charge is 0.341 e. The molecule has 0 amide bonds. The average molecular weight is 399 g/mol. The number of nitrogen functional groups attached to an aromatic ring is 1. The molecule has 0 radical (unpaired) electrons. The largest absolute Gasteiger partial charge is 0.465 e. The van der Waals surface area contributed by atoms with Crippen LogP contribution in [0.3, 0.4) is 0 Å². The van der Waals surface area contributed by atoms with Gasteiger partial charge in [0.15, 0.2) is 0 Å². The van der Waals surface area contributed by atoms with E-state index in [1.165, 1.54) is 13.2 Å². The maximum Gasteiger partial charge on any atom is 0.341 e. The Morgan fingerprint density at radius 3 is 2.21 bits per heavy atom. The van der Waals surface area contributed by atoms with Gasteiger partial charge in [0.05, 0.1) is 25.0 Å². The number of esters is 2. The van der Waals surface area contributed by atoms with Gasteiger partial charge in [0.25, 0.3) is 0 Å². The lowest BCUT2D eigenvalue weighted by molar-refractivity contribution is 0.0525. The molecule has 2 N–H and O–H groups in total. The minimum Gasteiger partial charge on any atom is -0.465 e. The monoisotopic (exact) mass is 399 g/mol. The van der Waals surface area contributed by atoms with Crippen molar-refractivity contribution in [2.45, 2.75) is 46.5 Å². The highest BCUT2D eigenvalue weighted by atomic mass is 16.5. The van der Waals surface area contributed by atoms with Crippen molar-refractivity contribution in [3.05, 3.63) is 52.6 Å². The molecular weight excluding hydrogens is 370 g/mol. The second kappa shape index (κ2) is 9.45. The lowest BCUT2D eigenvalue weighted by Crippen LogP contribution is -2.10. The normalized spacial score (nSPS) is 10.9. The van der Waals surface area contributed by atoms with Gasteiger partial charge < -0.3 is 19.9 Å². The van der Waals surface area contributed by atoms with Crippen LogP contribution in [-0.4, -0.2) is 25.7 Å². The summed E-state index contributed by atoms with van der Waals surface area (Å²) >= 11 is 0. The molecule has 2 aromatic carbocycles. The van der Waals surface area contributed by atoms with Crippen LogP contribution in [0.15, 0.2) is 30.3 Å². The quantitative estimate of drug-likeness (QED) is 0.504. The molecule has 156 valence electrons. The van der Waals surface area contributed by atoms with Crippen molar-refractivity contribution in [1.29, 1.82) is 0 Å². The maximum absolute atomic E-state index is 12.5. The molecule has 0 aliphatic rings. The molecular formula is C23H29NO5. The second-order valence-corrected chi connectivity index (χ2v) is 7.36. The Bertz CT molecular complexity index is 902. The van der Waals surface area contributed by atoms with E-state index in [0.717, 1.165) is 11.1 Å². The molecule has 6 heteroatoms. The van der Waals surface area contributed by atoms with Crippen molar-refractivity contribution in [3.63, 3.8) is 0 Å². The van der Waals surface area contributed by atoms with Crippen molar-refractivity contribution in [3.8, 4) is 11.5 Å². The third-order valence-corrected chi connectivity index (χ3v) is 4.57. The Kier molecular flexibility index (Phi) is 7.26. The van der Waals surface area contributed by atoms with Crippen molar-refractivity contribution in [1.82, 2.24) is 0 Å². The molecule has 0 saturated heterocycles. The van der Waals surface area contributed by atoms with Gasteiger partial charge >= 0.3 is 11.9 Å². The highest BCUT2D eigenvalue weighted by Crippen LogP contribution is 2.39. The first-order valence-electron chi connectivity index (χ1n) is 9.70. The van der Waals surface area contributed by atoms with E-state index in [1.807, 2.05) is 19.9 Å². The minimum atomic E-state index is -0.480. The number of ether oxygens (including phenoxy) is 3. The van der Waals surface area contributed by atoms with Crippen molar-refractivity contribution >= 4 is 17.6 Å². The number of nitrogens with two attached hydrogens (primary N) is 1. The highest BCUT2D eigenvalue weighted by molar-refractivity contribution is 5.94. The average Bonchev–Trinajstić information content (AvgIpc) is 2.68. The summed E-state index contributed by atoms with van der Waals surface area (Å²) in [5.41, 5.74) is 8.97. The number of rotatable bonds is 7. The number of anilines is 1. The third kappa shape index (κ3) is 5.08. The number of carbonyl (C=O) groups is 2. The molecule has 6 nitrogen and oxygen atoms in total. The summed E-state index contributed by atoms with van der Waals surface area (Å²) in [6.45, 7) is 10.2. The van der Waals surface area contributed by atoms with Crippen LogP contribution in [-0.2, 0) is 9.47 Å². The molecule has 0 heterocycles. The maximum atomic E-state index is 12.5.